The molecule has 28 heavy (non-hydrogen) atoms. The number of hydrogen-bond donors (Lipinski definition) is 1. The number of carbonyl (C=O) groups is 2. The van der Waals surface area contributed by atoms with Crippen molar-refractivity contribution in [2.75, 3.05) is 27.3 Å². The minimum absolute atomic E-state index is 0.104. The molecule has 1 N–H and O–H groups in total. The third-order valence-corrected chi connectivity index (χ3v) is 5.03. The fourth-order valence-electron chi connectivity index (χ4n) is 3.49. The van der Waals surface area contributed by atoms with Gasteiger partial charge in [-0.05, 0) is 43.7 Å². The third-order valence-electron chi connectivity index (χ3n) is 5.03. The van der Waals surface area contributed by atoms with E-state index in [0.717, 1.165) is 32.4 Å². The lowest BCUT2D eigenvalue weighted by molar-refractivity contribution is -0.132. The van der Waals surface area contributed by atoms with Crippen LogP contribution < -0.4 is 14.2 Å². The Morgan fingerprint density at radius 3 is 2.32 bits per heavy atom. The summed E-state index contributed by atoms with van der Waals surface area (Å²) in [5.41, 5.74) is 0.891. The van der Waals surface area contributed by atoms with Gasteiger partial charge in [0.2, 0.25) is 11.7 Å². The van der Waals surface area contributed by atoms with Crippen LogP contribution in [-0.2, 0) is 9.59 Å². The Morgan fingerprint density at radius 1 is 1.14 bits per heavy atom. The van der Waals surface area contributed by atoms with Gasteiger partial charge in [0.15, 0.2) is 11.5 Å². The molecular weight excluding hydrogens is 364 g/mol. The van der Waals surface area contributed by atoms with Crippen molar-refractivity contribution >= 4 is 17.6 Å². The first kappa shape index (κ1) is 21.5. The molecule has 1 aliphatic rings. The summed E-state index contributed by atoms with van der Waals surface area (Å²) in [7, 11) is 2.94. The van der Waals surface area contributed by atoms with E-state index >= 15 is 0 Å². The lowest BCUT2D eigenvalue weighted by atomic mass is 9.90. The van der Waals surface area contributed by atoms with Crippen LogP contribution in [0.4, 0.5) is 0 Å². The van der Waals surface area contributed by atoms with Crippen LogP contribution in [0.5, 0.6) is 17.2 Å². The van der Waals surface area contributed by atoms with E-state index in [2.05, 4.69) is 5.16 Å². The fraction of sp³-hybridized carbons (Fsp3) is 0.550. The van der Waals surface area contributed by atoms with Gasteiger partial charge in [-0.25, -0.2) is 0 Å². The zero-order chi connectivity index (χ0) is 20.7. The Labute approximate surface area is 165 Å². The second kappa shape index (κ2) is 9.96. The largest absolute Gasteiger partial charge is 0.493 e. The highest BCUT2D eigenvalue weighted by Crippen LogP contribution is 2.41. The summed E-state index contributed by atoms with van der Waals surface area (Å²) in [6, 6.07) is 3.37. The number of methoxy groups -OCH3 is 2. The van der Waals surface area contributed by atoms with Crippen LogP contribution in [0.3, 0.4) is 0 Å². The van der Waals surface area contributed by atoms with Crippen molar-refractivity contribution in [3.63, 3.8) is 0 Å². The number of esters is 1. The maximum absolute atomic E-state index is 11.6. The van der Waals surface area contributed by atoms with Crippen molar-refractivity contribution in [2.24, 2.45) is 11.1 Å². The molecule has 0 radical (unpaired) electrons. The number of amides is 1. The molecule has 1 fully saturated rings. The van der Waals surface area contributed by atoms with E-state index < -0.39 is 5.97 Å². The Morgan fingerprint density at radius 2 is 1.82 bits per heavy atom. The van der Waals surface area contributed by atoms with Gasteiger partial charge in [-0.15, -0.1) is 0 Å². The summed E-state index contributed by atoms with van der Waals surface area (Å²) < 4.78 is 16.0. The summed E-state index contributed by atoms with van der Waals surface area (Å²) in [6.45, 7) is 4.38. The zero-order valence-corrected chi connectivity index (χ0v) is 16.9. The number of benzene rings is 1. The van der Waals surface area contributed by atoms with Crippen LogP contribution in [0, 0.1) is 5.92 Å². The minimum Gasteiger partial charge on any atom is -0.493 e. The smallest absolute Gasteiger partial charge is 0.308 e. The summed E-state index contributed by atoms with van der Waals surface area (Å²) in [4.78, 5) is 24.9. The molecule has 0 spiro atoms. The molecule has 154 valence electrons. The summed E-state index contributed by atoms with van der Waals surface area (Å²) in [5.74, 6) is 0.884. The molecular formula is C20H28N2O6. The van der Waals surface area contributed by atoms with Gasteiger partial charge in [-0.2, -0.15) is 0 Å². The van der Waals surface area contributed by atoms with E-state index in [1.54, 1.807) is 19.1 Å². The first-order valence-electron chi connectivity index (χ1n) is 9.31. The standard InChI is InChI=1S/C20H28N2O6/c1-13(23)22-11-9-15(10-12-22)5-7-17(21-25)16-6-8-18(26-3)20(27-4)19(16)28-14(2)24/h6,8,15,25H,5,7,9-12H2,1-4H3. The average molecular weight is 392 g/mol. The number of nitrogens with zero attached hydrogens (tertiary/aromatic N) is 2. The first-order chi connectivity index (χ1) is 13.4. The monoisotopic (exact) mass is 392 g/mol. The molecule has 1 aromatic rings. The number of likely N-dealkylation sites (tertiary alicyclic amines) is 1. The second-order valence-electron chi connectivity index (χ2n) is 6.81. The number of piperidine rings is 1. The number of oxime groups is 1. The van der Waals surface area contributed by atoms with Crippen LogP contribution in [0.2, 0.25) is 0 Å². The van der Waals surface area contributed by atoms with Crippen molar-refractivity contribution in [1.82, 2.24) is 4.90 Å². The topological polar surface area (TPSA) is 97.7 Å². The summed E-state index contributed by atoms with van der Waals surface area (Å²) in [5, 5.41) is 13.0. The SMILES string of the molecule is COc1ccc(C(CCC2CCN(C(C)=O)CC2)=NO)c(OC(C)=O)c1OC. The fourth-order valence-corrected chi connectivity index (χ4v) is 3.49. The van der Waals surface area contributed by atoms with Crippen LogP contribution in [-0.4, -0.2) is 55.0 Å². The van der Waals surface area contributed by atoms with Gasteiger partial charge < -0.3 is 24.3 Å². The molecule has 0 unspecified atom stereocenters. The molecule has 0 saturated carbocycles. The van der Waals surface area contributed by atoms with E-state index in [4.69, 9.17) is 14.2 Å². The minimum atomic E-state index is -0.512. The number of rotatable bonds is 7. The van der Waals surface area contributed by atoms with Crippen LogP contribution >= 0.6 is 0 Å². The Hall–Kier alpha value is -2.77. The highest BCUT2D eigenvalue weighted by atomic mass is 16.6. The average Bonchev–Trinajstić information content (AvgIpc) is 2.68. The number of hydrogen-bond acceptors (Lipinski definition) is 7. The highest BCUT2D eigenvalue weighted by molar-refractivity contribution is 6.04. The quantitative estimate of drug-likeness (QED) is 0.252. The molecule has 1 heterocycles. The predicted octanol–water partition coefficient (Wildman–Crippen LogP) is 2.85. The Balaban J connectivity index is 2.17. The zero-order valence-electron chi connectivity index (χ0n) is 16.9. The molecule has 0 aliphatic carbocycles. The second-order valence-corrected chi connectivity index (χ2v) is 6.81. The summed E-state index contributed by atoms with van der Waals surface area (Å²) in [6.07, 6.45) is 3.14. The molecule has 8 nitrogen and oxygen atoms in total. The number of carbonyl (C=O) groups excluding carboxylic acids is 2. The molecule has 1 aromatic carbocycles. The van der Waals surface area contributed by atoms with E-state index in [0.29, 0.717) is 29.4 Å². The lowest BCUT2D eigenvalue weighted by Crippen LogP contribution is -2.37. The van der Waals surface area contributed by atoms with Crippen molar-refractivity contribution in [1.29, 1.82) is 0 Å². The molecule has 1 amide bonds. The maximum Gasteiger partial charge on any atom is 0.308 e. The van der Waals surface area contributed by atoms with Crippen molar-refractivity contribution in [3.8, 4) is 17.2 Å². The summed E-state index contributed by atoms with van der Waals surface area (Å²) >= 11 is 0. The lowest BCUT2D eigenvalue weighted by Gasteiger charge is -2.31. The van der Waals surface area contributed by atoms with Crippen LogP contribution in [0.15, 0.2) is 17.3 Å². The molecule has 2 rings (SSSR count). The molecule has 1 aliphatic heterocycles. The molecule has 1 saturated heterocycles. The van der Waals surface area contributed by atoms with Crippen LogP contribution in [0.1, 0.15) is 45.1 Å². The van der Waals surface area contributed by atoms with Gasteiger partial charge in [0, 0.05) is 32.5 Å². The van der Waals surface area contributed by atoms with Crippen molar-refractivity contribution in [3.05, 3.63) is 17.7 Å². The van der Waals surface area contributed by atoms with Gasteiger partial charge in [-0.3, -0.25) is 9.59 Å². The van der Waals surface area contributed by atoms with E-state index in [1.165, 1.54) is 21.1 Å². The molecule has 8 heteroatoms. The highest BCUT2D eigenvalue weighted by Gasteiger charge is 2.24. The van der Waals surface area contributed by atoms with Gasteiger partial charge in [0.05, 0.1) is 19.9 Å². The van der Waals surface area contributed by atoms with E-state index in [-0.39, 0.29) is 17.4 Å². The molecule has 0 bridgehead atoms. The van der Waals surface area contributed by atoms with E-state index in [1.807, 2.05) is 4.90 Å². The van der Waals surface area contributed by atoms with Gasteiger partial charge in [-0.1, -0.05) is 5.16 Å². The van der Waals surface area contributed by atoms with Gasteiger partial charge in [0.25, 0.3) is 0 Å². The number of ether oxygens (including phenoxy) is 3. The van der Waals surface area contributed by atoms with Crippen LogP contribution in [0.25, 0.3) is 0 Å². The van der Waals surface area contributed by atoms with Crippen molar-refractivity contribution in [2.45, 2.75) is 39.5 Å². The van der Waals surface area contributed by atoms with Gasteiger partial charge >= 0.3 is 5.97 Å². The van der Waals surface area contributed by atoms with E-state index in [9.17, 15) is 14.8 Å². The predicted molar refractivity (Wildman–Crippen MR) is 103 cm³/mol. The Kier molecular flexibility index (Phi) is 7.66. The first-order valence-corrected chi connectivity index (χ1v) is 9.31. The maximum atomic E-state index is 11.6. The molecule has 0 aromatic heterocycles. The van der Waals surface area contributed by atoms with Crippen molar-refractivity contribution < 1.29 is 29.0 Å². The van der Waals surface area contributed by atoms with Gasteiger partial charge in [0.1, 0.15) is 0 Å². The third kappa shape index (κ3) is 5.15. The molecule has 0 atom stereocenters. The normalized spacial score (nSPS) is 15.3. The Bertz CT molecular complexity index is 738.